The first-order chi connectivity index (χ1) is 27.4. The molecule has 5 aliphatic rings. The zero-order valence-corrected chi connectivity index (χ0v) is 33.6. The van der Waals surface area contributed by atoms with Gasteiger partial charge in [-0.2, -0.15) is 18.2 Å². The highest BCUT2D eigenvalue weighted by Gasteiger charge is 2.62. The Balaban J connectivity index is 1.26. The number of nitrogens with one attached hydrogen (secondary N) is 3. The molecule has 2 bridgehead atoms. The number of carbonyl (C=O) groups excluding carboxylic acids is 3. The number of hydrogen-bond acceptors (Lipinski definition) is 12. The molecule has 2 aliphatic carbocycles. The Morgan fingerprint density at radius 3 is 2.55 bits per heavy atom. The maximum Gasteiger partial charge on any atom is 0.427 e. The number of carbonyl (C=O) groups is 3. The van der Waals surface area contributed by atoms with Crippen LogP contribution in [0.5, 0.6) is 17.5 Å². The number of hydrogen-bond donors (Lipinski definition) is 3. The van der Waals surface area contributed by atoms with Crippen LogP contribution in [0.25, 0.3) is 10.8 Å². The summed E-state index contributed by atoms with van der Waals surface area (Å²) in [6, 6.07) is 4.86. The Kier molecular flexibility index (Phi) is 11.0. The largest absolute Gasteiger partial charge is 0.497 e. The van der Waals surface area contributed by atoms with Crippen LogP contribution in [0.4, 0.5) is 18.0 Å². The molecule has 15 nitrogen and oxygen atoms in total. The number of rotatable bonds is 10. The van der Waals surface area contributed by atoms with E-state index in [9.17, 15) is 36.0 Å². The van der Waals surface area contributed by atoms with Gasteiger partial charge in [-0.15, -0.1) is 0 Å². The van der Waals surface area contributed by atoms with Crippen molar-refractivity contribution in [2.45, 2.75) is 119 Å². The summed E-state index contributed by atoms with van der Waals surface area (Å²) in [5.41, 5.74) is -4.00. The van der Waals surface area contributed by atoms with Gasteiger partial charge in [-0.3, -0.25) is 14.3 Å². The van der Waals surface area contributed by atoms with E-state index >= 15 is 0 Å². The highest BCUT2D eigenvalue weighted by Crippen LogP contribution is 2.47. The third-order valence-electron chi connectivity index (χ3n) is 11.4. The van der Waals surface area contributed by atoms with E-state index in [0.29, 0.717) is 54.3 Å². The molecule has 3 aliphatic heterocycles. The fourth-order valence-electron chi connectivity index (χ4n) is 7.76. The molecule has 0 radical (unpaired) electrons. The summed E-state index contributed by atoms with van der Waals surface area (Å²) in [6.07, 6.45) is -0.562. The monoisotopic (exact) mass is 835 g/mol. The van der Waals surface area contributed by atoms with Crippen molar-refractivity contribution in [2.75, 3.05) is 20.8 Å². The summed E-state index contributed by atoms with van der Waals surface area (Å²) < 4.78 is 98.1. The number of ether oxygens (including phenoxy) is 5. The molecule has 19 heteroatoms. The van der Waals surface area contributed by atoms with Gasteiger partial charge < -0.3 is 39.2 Å². The summed E-state index contributed by atoms with van der Waals surface area (Å²) in [5, 5.41) is 6.14. The van der Waals surface area contributed by atoms with Crippen LogP contribution in [0, 0.1) is 5.92 Å². The van der Waals surface area contributed by atoms with Crippen molar-refractivity contribution < 1.29 is 59.7 Å². The lowest BCUT2D eigenvalue weighted by Gasteiger charge is -2.42. The van der Waals surface area contributed by atoms with E-state index in [1.165, 1.54) is 14.2 Å². The third kappa shape index (κ3) is 8.24. The standard InChI is InChI=1S/C39H48F3N5O10S/c1-6-30-32(44-36(50)57-37(2,3)39(40,41)42)28-17-24(55-30)10-8-7-9-22-19-38(22,35(49)46-58(51,52)26-12-13-26)45-33(48)29-18-25(20-47(28)29)56-34-27-14-11-23(53-4)15-21(27)16-31(43-34)54-5/h7,9,11,14-17,22,24-26,29-30,32H,6,8,10,12-13,18-20H2,1-5H3,(H,44,50)(H,45,48)(H,46,49)/b9-7-/t22-,24+,25-,29+,30+,32-,38-/m1/s1. The maximum atomic E-state index is 14.7. The Hall–Kier alpha value is -4.78. The van der Waals surface area contributed by atoms with Gasteiger partial charge >= 0.3 is 12.3 Å². The van der Waals surface area contributed by atoms with Crippen LogP contribution in [0.2, 0.25) is 0 Å². The van der Waals surface area contributed by atoms with Crippen LogP contribution < -0.4 is 29.6 Å². The van der Waals surface area contributed by atoms with Crippen LogP contribution >= 0.6 is 0 Å². The van der Waals surface area contributed by atoms with Crippen molar-refractivity contribution in [1.82, 2.24) is 25.2 Å². The van der Waals surface area contributed by atoms with Gasteiger partial charge in [0.05, 0.1) is 44.3 Å². The molecule has 3 amide bonds. The predicted molar refractivity (Wildman–Crippen MR) is 202 cm³/mol. The first-order valence-corrected chi connectivity index (χ1v) is 20.9. The smallest absolute Gasteiger partial charge is 0.427 e. The zero-order valence-electron chi connectivity index (χ0n) is 32.8. The molecule has 0 spiro atoms. The normalized spacial score (nSPS) is 29.2. The molecule has 1 aromatic heterocycles. The molecular formula is C39H48F3N5O10S. The fraction of sp³-hybridized carbons (Fsp3) is 0.590. The number of aromatic nitrogens is 1. The number of alkyl carbamates (subject to hydrolysis) is 1. The second kappa shape index (κ2) is 15.4. The van der Waals surface area contributed by atoms with Gasteiger partial charge in [-0.25, -0.2) is 13.2 Å². The number of halogens is 3. The van der Waals surface area contributed by atoms with Gasteiger partial charge in [-0.05, 0) is 82.0 Å². The van der Waals surface area contributed by atoms with Gasteiger partial charge in [-0.1, -0.05) is 19.1 Å². The number of benzene rings is 1. The first kappa shape index (κ1) is 41.4. The number of amides is 3. The molecule has 316 valence electrons. The van der Waals surface area contributed by atoms with E-state index in [2.05, 4.69) is 20.3 Å². The van der Waals surface area contributed by atoms with E-state index in [-0.39, 0.29) is 31.1 Å². The zero-order chi connectivity index (χ0) is 41.8. The number of allylic oxidation sites excluding steroid dienone is 1. The second-order valence-corrected chi connectivity index (χ2v) is 17.8. The van der Waals surface area contributed by atoms with Gasteiger partial charge in [0.15, 0.2) is 0 Å². The topological polar surface area (TPSA) is 184 Å². The molecule has 3 N–H and O–H groups in total. The van der Waals surface area contributed by atoms with Gasteiger partial charge in [0.1, 0.15) is 23.4 Å². The number of nitrogens with zero attached hydrogens (tertiary/aromatic N) is 2. The summed E-state index contributed by atoms with van der Waals surface area (Å²) in [6.45, 7) is 3.32. The minimum absolute atomic E-state index is 0.0267. The molecular weight excluding hydrogens is 788 g/mol. The summed E-state index contributed by atoms with van der Waals surface area (Å²) >= 11 is 0. The van der Waals surface area contributed by atoms with Crippen LogP contribution in [-0.4, -0.2) is 110 Å². The molecule has 4 heterocycles. The minimum atomic E-state index is -4.87. The van der Waals surface area contributed by atoms with Gasteiger partial charge in [0.2, 0.25) is 33.3 Å². The molecule has 2 saturated carbocycles. The third-order valence-corrected chi connectivity index (χ3v) is 13.2. The molecule has 1 aromatic carbocycles. The van der Waals surface area contributed by atoms with Crippen molar-refractivity contribution in [3.05, 3.63) is 48.2 Å². The number of sulfonamides is 1. The van der Waals surface area contributed by atoms with E-state index < -0.39 is 86.8 Å². The van der Waals surface area contributed by atoms with Crippen LogP contribution in [0.3, 0.4) is 0 Å². The van der Waals surface area contributed by atoms with Crippen molar-refractivity contribution in [3.8, 4) is 17.5 Å². The van der Waals surface area contributed by atoms with Crippen molar-refractivity contribution in [2.24, 2.45) is 5.92 Å². The average molecular weight is 836 g/mol. The van der Waals surface area contributed by atoms with E-state index in [1.807, 2.05) is 6.08 Å². The van der Waals surface area contributed by atoms with Crippen LogP contribution in [0.1, 0.15) is 65.7 Å². The molecule has 7 atom stereocenters. The molecule has 0 unspecified atom stereocenters. The highest BCUT2D eigenvalue weighted by atomic mass is 32.2. The summed E-state index contributed by atoms with van der Waals surface area (Å²) in [7, 11) is -0.956. The Labute approximate surface area is 334 Å². The van der Waals surface area contributed by atoms with Crippen LogP contribution in [0.15, 0.2) is 48.2 Å². The van der Waals surface area contributed by atoms with Gasteiger partial charge in [0.25, 0.3) is 5.91 Å². The van der Waals surface area contributed by atoms with Crippen molar-refractivity contribution >= 4 is 38.7 Å². The maximum absolute atomic E-state index is 14.7. The molecule has 7 rings (SSSR count). The van der Waals surface area contributed by atoms with E-state index in [0.717, 1.165) is 13.8 Å². The summed E-state index contributed by atoms with van der Waals surface area (Å²) in [5.74, 6) is -0.921. The molecule has 58 heavy (non-hydrogen) atoms. The quantitative estimate of drug-likeness (QED) is 0.287. The molecule has 1 saturated heterocycles. The Bertz CT molecular complexity index is 2120. The van der Waals surface area contributed by atoms with E-state index in [4.69, 9.17) is 23.7 Å². The lowest BCUT2D eigenvalue weighted by molar-refractivity contribution is -0.244. The van der Waals surface area contributed by atoms with Crippen molar-refractivity contribution in [3.63, 3.8) is 0 Å². The second-order valence-electron chi connectivity index (χ2n) is 15.9. The highest BCUT2D eigenvalue weighted by molar-refractivity contribution is 7.91. The van der Waals surface area contributed by atoms with Crippen molar-refractivity contribution in [1.29, 1.82) is 0 Å². The van der Waals surface area contributed by atoms with Crippen LogP contribution in [-0.2, 0) is 29.1 Å². The number of pyridine rings is 1. The average Bonchev–Trinajstić information content (AvgIpc) is 4.09. The number of fused-ring (bicyclic) bond motifs is 5. The lowest BCUT2D eigenvalue weighted by Crippen LogP contribution is -2.59. The molecule has 3 fully saturated rings. The SMILES string of the molecule is CC[C@@H]1O[C@@H]2C=C([C@H]1NC(=O)OC(C)(C)C(F)(F)F)N1C[C@H](Oc3nc(OC)cc4cc(OC)ccc34)C[C@H]1C(=O)N[C@]1(C(=O)NS(=O)(=O)C3CC3)C[C@H]1/C=C\CC2. The lowest BCUT2D eigenvalue weighted by atomic mass is 9.96. The fourth-order valence-corrected chi connectivity index (χ4v) is 9.13. The number of alkyl halides is 3. The Morgan fingerprint density at radius 1 is 1.12 bits per heavy atom. The Morgan fingerprint density at radius 2 is 1.88 bits per heavy atom. The first-order valence-electron chi connectivity index (χ1n) is 19.3. The molecule has 2 aromatic rings. The van der Waals surface area contributed by atoms with E-state index in [1.54, 1.807) is 48.2 Å². The minimum Gasteiger partial charge on any atom is -0.497 e. The van der Waals surface area contributed by atoms with Gasteiger partial charge in [0, 0.05) is 29.5 Å². The number of methoxy groups -OCH3 is 2. The predicted octanol–water partition coefficient (Wildman–Crippen LogP) is 4.40. The summed E-state index contributed by atoms with van der Waals surface area (Å²) in [4.78, 5) is 48.0.